The van der Waals surface area contributed by atoms with Crippen LogP contribution in [0.3, 0.4) is 0 Å². The fourth-order valence-corrected chi connectivity index (χ4v) is 2.44. The van der Waals surface area contributed by atoms with Gasteiger partial charge >= 0.3 is 0 Å². The number of benzene rings is 1. The third kappa shape index (κ3) is 6.14. The Morgan fingerprint density at radius 2 is 1.90 bits per heavy atom. The third-order valence-electron chi connectivity index (χ3n) is 3.05. The van der Waals surface area contributed by atoms with E-state index in [0.29, 0.717) is 13.0 Å². The molecule has 1 rings (SSSR count). The largest absolute Gasteiger partial charge is 0.494 e. The molecule has 0 saturated heterocycles. The number of nitrogens with one attached hydrogen (secondary N) is 1. The molecular weight excluding hydrogens is 292 g/mol. The summed E-state index contributed by atoms with van der Waals surface area (Å²) in [4.78, 5) is 11.4. The van der Waals surface area contributed by atoms with Gasteiger partial charge in [0.05, 0.1) is 18.3 Å². The van der Waals surface area contributed by atoms with Crippen molar-refractivity contribution in [1.29, 1.82) is 0 Å². The van der Waals surface area contributed by atoms with Gasteiger partial charge in [-0.1, -0.05) is 12.1 Å². The zero-order valence-corrected chi connectivity index (χ0v) is 13.2. The smallest absolute Gasteiger partial charge is 0.222 e. The summed E-state index contributed by atoms with van der Waals surface area (Å²) < 4.78 is 30.6. The third-order valence-corrected chi connectivity index (χ3v) is 4.42. The molecule has 0 unspecified atom stereocenters. The summed E-state index contributed by atoms with van der Waals surface area (Å²) in [7, 11) is -3.33. The maximum atomic E-state index is 11.4. The highest BCUT2D eigenvalue weighted by molar-refractivity contribution is 7.89. The molecule has 0 bridgehead atoms. The predicted octanol–water partition coefficient (Wildman–Crippen LogP) is 0.669. The Labute approximate surface area is 125 Å². The van der Waals surface area contributed by atoms with E-state index in [9.17, 15) is 13.2 Å². The molecule has 3 N–H and O–H groups in total. The van der Waals surface area contributed by atoms with Crippen LogP contribution in [0.5, 0.6) is 5.75 Å². The molecule has 0 fully saturated rings. The van der Waals surface area contributed by atoms with Gasteiger partial charge in [-0.2, -0.15) is 0 Å². The normalized spacial score (nSPS) is 12.9. The first kappa shape index (κ1) is 17.5. The van der Waals surface area contributed by atoms with Crippen LogP contribution in [-0.2, 0) is 21.2 Å². The van der Waals surface area contributed by atoms with E-state index in [1.54, 1.807) is 0 Å². The molecule has 0 radical (unpaired) electrons. The second-order valence-corrected chi connectivity index (χ2v) is 6.73. The Bertz CT molecular complexity index is 555. The number of rotatable bonds is 9. The standard InChI is InChI=1S/C14H22N2O4S/c1-3-20-13-7-5-11(6-8-13)9-12(14(15)17)10-16-21(18,19)4-2/h5-8,12,16H,3-4,9-10H2,1-2H3,(H2,15,17)/t12-/m0/s1. The Kier molecular flexibility index (Phi) is 6.64. The molecule has 1 atom stereocenters. The lowest BCUT2D eigenvalue weighted by Gasteiger charge is -2.14. The maximum Gasteiger partial charge on any atom is 0.222 e. The van der Waals surface area contributed by atoms with E-state index in [1.807, 2.05) is 31.2 Å². The van der Waals surface area contributed by atoms with Crippen molar-refractivity contribution >= 4 is 15.9 Å². The van der Waals surface area contributed by atoms with Crippen molar-refractivity contribution in [3.8, 4) is 5.75 Å². The van der Waals surface area contributed by atoms with Crippen molar-refractivity contribution in [2.75, 3.05) is 18.9 Å². The monoisotopic (exact) mass is 314 g/mol. The molecule has 21 heavy (non-hydrogen) atoms. The molecule has 6 nitrogen and oxygen atoms in total. The van der Waals surface area contributed by atoms with Crippen LogP contribution in [0.25, 0.3) is 0 Å². The van der Waals surface area contributed by atoms with E-state index in [0.717, 1.165) is 11.3 Å². The number of sulfonamides is 1. The van der Waals surface area contributed by atoms with Crippen molar-refractivity contribution in [2.45, 2.75) is 20.3 Å². The fourth-order valence-electron chi connectivity index (χ4n) is 1.78. The van der Waals surface area contributed by atoms with Crippen LogP contribution in [0.2, 0.25) is 0 Å². The molecule has 0 aliphatic carbocycles. The average molecular weight is 314 g/mol. The van der Waals surface area contributed by atoms with Crippen molar-refractivity contribution < 1.29 is 17.9 Å². The molecule has 0 aliphatic rings. The minimum atomic E-state index is -3.33. The summed E-state index contributed by atoms with van der Waals surface area (Å²) >= 11 is 0. The van der Waals surface area contributed by atoms with Crippen LogP contribution in [0.15, 0.2) is 24.3 Å². The maximum absolute atomic E-state index is 11.4. The van der Waals surface area contributed by atoms with Gasteiger partial charge in [0.15, 0.2) is 0 Å². The van der Waals surface area contributed by atoms with E-state index in [-0.39, 0.29) is 12.3 Å². The van der Waals surface area contributed by atoms with Crippen molar-refractivity contribution in [2.24, 2.45) is 11.7 Å². The van der Waals surface area contributed by atoms with E-state index in [1.165, 1.54) is 6.92 Å². The van der Waals surface area contributed by atoms with E-state index in [2.05, 4.69) is 4.72 Å². The van der Waals surface area contributed by atoms with E-state index in [4.69, 9.17) is 10.5 Å². The quantitative estimate of drug-likeness (QED) is 0.700. The number of primary amides is 1. The van der Waals surface area contributed by atoms with Crippen molar-refractivity contribution in [1.82, 2.24) is 4.72 Å². The topological polar surface area (TPSA) is 98.5 Å². The van der Waals surface area contributed by atoms with Gasteiger partial charge in [-0.15, -0.1) is 0 Å². The predicted molar refractivity (Wildman–Crippen MR) is 81.5 cm³/mol. The van der Waals surface area contributed by atoms with Gasteiger partial charge in [0, 0.05) is 6.54 Å². The van der Waals surface area contributed by atoms with Crippen molar-refractivity contribution in [3.05, 3.63) is 29.8 Å². The molecule has 0 saturated carbocycles. The van der Waals surface area contributed by atoms with Crippen LogP contribution in [0, 0.1) is 5.92 Å². The number of nitrogens with two attached hydrogens (primary N) is 1. The summed E-state index contributed by atoms with van der Waals surface area (Å²) in [5, 5.41) is 0. The molecule has 0 aliphatic heterocycles. The molecule has 0 aromatic heterocycles. The minimum Gasteiger partial charge on any atom is -0.494 e. The number of hydrogen-bond acceptors (Lipinski definition) is 4. The summed E-state index contributed by atoms with van der Waals surface area (Å²) in [6, 6.07) is 7.31. The Morgan fingerprint density at radius 1 is 1.29 bits per heavy atom. The summed E-state index contributed by atoms with van der Waals surface area (Å²) in [6.07, 6.45) is 0.383. The van der Waals surface area contributed by atoms with Crippen LogP contribution >= 0.6 is 0 Å². The van der Waals surface area contributed by atoms with Crippen LogP contribution < -0.4 is 15.2 Å². The number of hydrogen-bond donors (Lipinski definition) is 2. The number of carbonyl (C=O) groups is 1. The second-order valence-electron chi connectivity index (χ2n) is 4.63. The first-order chi connectivity index (χ1) is 9.88. The molecule has 1 aromatic rings. The second kappa shape index (κ2) is 7.99. The molecule has 1 aromatic carbocycles. The van der Waals surface area contributed by atoms with Gasteiger partial charge < -0.3 is 10.5 Å². The first-order valence-corrected chi connectivity index (χ1v) is 8.51. The number of ether oxygens (including phenoxy) is 1. The lowest BCUT2D eigenvalue weighted by Crippen LogP contribution is -2.37. The molecular formula is C14H22N2O4S. The lowest BCUT2D eigenvalue weighted by molar-refractivity contribution is -0.121. The molecule has 7 heteroatoms. The van der Waals surface area contributed by atoms with E-state index < -0.39 is 21.8 Å². The number of amides is 1. The van der Waals surface area contributed by atoms with Gasteiger partial charge in [-0.25, -0.2) is 13.1 Å². The highest BCUT2D eigenvalue weighted by Crippen LogP contribution is 2.15. The molecule has 1 amide bonds. The van der Waals surface area contributed by atoms with Crippen molar-refractivity contribution in [3.63, 3.8) is 0 Å². The SMILES string of the molecule is CCOc1ccc(C[C@@H](CNS(=O)(=O)CC)C(N)=O)cc1. The Morgan fingerprint density at radius 3 is 2.38 bits per heavy atom. The number of carbonyl (C=O) groups excluding carboxylic acids is 1. The highest BCUT2D eigenvalue weighted by Gasteiger charge is 2.18. The first-order valence-electron chi connectivity index (χ1n) is 6.86. The van der Waals surface area contributed by atoms with Crippen LogP contribution in [-0.4, -0.2) is 33.2 Å². The average Bonchev–Trinajstić information content (AvgIpc) is 2.45. The summed E-state index contributed by atoms with van der Waals surface area (Å²) in [6.45, 7) is 4.03. The molecule has 118 valence electrons. The van der Waals surface area contributed by atoms with Gasteiger partial charge in [0.25, 0.3) is 0 Å². The van der Waals surface area contributed by atoms with Crippen LogP contribution in [0.4, 0.5) is 0 Å². The van der Waals surface area contributed by atoms with E-state index >= 15 is 0 Å². The summed E-state index contributed by atoms with van der Waals surface area (Å²) in [5.41, 5.74) is 6.24. The zero-order chi connectivity index (χ0) is 15.9. The molecule has 0 heterocycles. The van der Waals surface area contributed by atoms with Gasteiger partial charge in [-0.05, 0) is 38.0 Å². The lowest BCUT2D eigenvalue weighted by atomic mass is 9.99. The molecule has 0 spiro atoms. The van der Waals surface area contributed by atoms with Gasteiger partial charge in [0.1, 0.15) is 5.75 Å². The van der Waals surface area contributed by atoms with Gasteiger partial charge in [-0.3, -0.25) is 4.79 Å². The Hall–Kier alpha value is -1.60. The fraction of sp³-hybridized carbons (Fsp3) is 0.500. The highest BCUT2D eigenvalue weighted by atomic mass is 32.2. The van der Waals surface area contributed by atoms with Gasteiger partial charge in [0.2, 0.25) is 15.9 Å². The minimum absolute atomic E-state index is 0.0126. The summed E-state index contributed by atoms with van der Waals surface area (Å²) in [5.74, 6) is -0.378. The Balaban J connectivity index is 2.68. The van der Waals surface area contributed by atoms with Crippen LogP contribution in [0.1, 0.15) is 19.4 Å². The zero-order valence-electron chi connectivity index (χ0n) is 12.3.